The van der Waals surface area contributed by atoms with Gasteiger partial charge in [-0.05, 0) is 43.3 Å². The van der Waals surface area contributed by atoms with Crippen LogP contribution in [0.4, 0.5) is 11.4 Å². The summed E-state index contributed by atoms with van der Waals surface area (Å²) in [5.41, 5.74) is 0.709. The Morgan fingerprint density at radius 2 is 1.74 bits per heavy atom. The van der Waals surface area contributed by atoms with Crippen LogP contribution in [0.5, 0.6) is 11.5 Å². The van der Waals surface area contributed by atoms with Gasteiger partial charge in [0.1, 0.15) is 17.5 Å². The van der Waals surface area contributed by atoms with Crippen molar-refractivity contribution in [2.24, 2.45) is 0 Å². The summed E-state index contributed by atoms with van der Waals surface area (Å²) < 4.78 is 36.4. The molecule has 0 radical (unpaired) electrons. The van der Waals surface area contributed by atoms with Crippen molar-refractivity contribution in [1.82, 2.24) is 0 Å². The molecule has 1 N–H and O–H groups in total. The third-order valence-electron chi connectivity index (χ3n) is 3.82. The van der Waals surface area contributed by atoms with Crippen LogP contribution in [0.3, 0.4) is 0 Å². The fraction of sp³-hybridized carbons (Fsp3) is 0.278. The molecule has 0 heterocycles. The molecule has 2 rings (SSSR count). The van der Waals surface area contributed by atoms with Crippen LogP contribution in [0.2, 0.25) is 5.02 Å². The summed E-state index contributed by atoms with van der Waals surface area (Å²) in [6, 6.07) is 10.2. The summed E-state index contributed by atoms with van der Waals surface area (Å²) in [6.07, 6.45) is 1.03. The number of rotatable bonds is 7. The van der Waals surface area contributed by atoms with Crippen molar-refractivity contribution in [3.8, 4) is 11.5 Å². The lowest BCUT2D eigenvalue weighted by Gasteiger charge is -2.29. The first kappa shape index (κ1) is 20.9. The number of carbonyl (C=O) groups is 1. The van der Waals surface area contributed by atoms with Crippen LogP contribution in [-0.2, 0) is 14.8 Å². The molecule has 0 aromatic heterocycles. The number of nitrogens with zero attached hydrogens (tertiary/aromatic N) is 1. The first-order valence-corrected chi connectivity index (χ1v) is 10.2. The summed E-state index contributed by atoms with van der Waals surface area (Å²) in [5.74, 6) is 0.227. The Kier molecular flexibility index (Phi) is 6.56. The maximum absolute atomic E-state index is 12.7. The largest absolute Gasteiger partial charge is 0.497 e. The predicted molar refractivity (Wildman–Crippen MR) is 106 cm³/mol. The van der Waals surface area contributed by atoms with Gasteiger partial charge in [0, 0.05) is 16.8 Å². The Balaban J connectivity index is 2.42. The van der Waals surface area contributed by atoms with Crippen LogP contribution in [0.1, 0.15) is 6.92 Å². The van der Waals surface area contributed by atoms with E-state index in [-0.39, 0.29) is 5.69 Å². The highest BCUT2D eigenvalue weighted by Crippen LogP contribution is 2.35. The number of nitrogens with one attached hydrogen (secondary N) is 1. The Morgan fingerprint density at radius 1 is 1.11 bits per heavy atom. The minimum absolute atomic E-state index is 0.207. The SMILES string of the molecule is COc1ccc(OC)c(N(C(C)C(=O)Nc2ccc(Cl)cc2)S(C)(=O)=O)c1. The van der Waals surface area contributed by atoms with E-state index in [0.717, 1.165) is 10.6 Å². The molecular weight excluding hydrogens is 392 g/mol. The van der Waals surface area contributed by atoms with Crippen LogP contribution < -0.4 is 19.1 Å². The topological polar surface area (TPSA) is 84.9 Å². The van der Waals surface area contributed by atoms with Crippen molar-refractivity contribution >= 4 is 38.9 Å². The van der Waals surface area contributed by atoms with Crippen molar-refractivity contribution in [1.29, 1.82) is 0 Å². The summed E-state index contributed by atoms with van der Waals surface area (Å²) in [5, 5.41) is 3.21. The number of halogens is 1. The summed E-state index contributed by atoms with van der Waals surface area (Å²) >= 11 is 5.84. The average molecular weight is 413 g/mol. The van der Waals surface area contributed by atoms with Gasteiger partial charge < -0.3 is 14.8 Å². The number of hydrogen-bond acceptors (Lipinski definition) is 5. The standard InChI is InChI=1S/C18H21ClN2O5S/c1-12(18(22)20-14-7-5-13(19)6-8-14)21(27(4,23)24)16-11-15(25-2)9-10-17(16)26-3/h5-12H,1-4H3,(H,20,22). The molecule has 9 heteroatoms. The molecule has 0 saturated carbocycles. The lowest BCUT2D eigenvalue weighted by atomic mass is 10.2. The summed E-state index contributed by atoms with van der Waals surface area (Å²) in [4.78, 5) is 12.7. The number of ether oxygens (including phenoxy) is 2. The molecule has 1 unspecified atom stereocenters. The van der Waals surface area contributed by atoms with Gasteiger partial charge in [0.05, 0.1) is 26.2 Å². The zero-order valence-electron chi connectivity index (χ0n) is 15.4. The van der Waals surface area contributed by atoms with E-state index in [9.17, 15) is 13.2 Å². The van der Waals surface area contributed by atoms with E-state index in [1.165, 1.54) is 27.2 Å². The molecule has 7 nitrogen and oxygen atoms in total. The van der Waals surface area contributed by atoms with Gasteiger partial charge in [0.2, 0.25) is 15.9 Å². The van der Waals surface area contributed by atoms with Gasteiger partial charge in [0.15, 0.2) is 0 Å². The molecule has 1 atom stereocenters. The molecule has 0 aliphatic carbocycles. The second-order valence-corrected chi connectivity index (χ2v) is 8.06. The predicted octanol–water partition coefficient (Wildman–Crippen LogP) is 3.15. The van der Waals surface area contributed by atoms with Gasteiger partial charge in [-0.25, -0.2) is 8.42 Å². The van der Waals surface area contributed by atoms with Crippen molar-refractivity contribution in [3.05, 3.63) is 47.5 Å². The minimum Gasteiger partial charge on any atom is -0.497 e. The third kappa shape index (κ3) is 5.05. The van der Waals surface area contributed by atoms with Crippen LogP contribution in [0, 0.1) is 0 Å². The molecule has 0 fully saturated rings. The fourth-order valence-electron chi connectivity index (χ4n) is 2.53. The van der Waals surface area contributed by atoms with Crippen molar-refractivity contribution in [3.63, 3.8) is 0 Å². The zero-order valence-corrected chi connectivity index (χ0v) is 17.0. The quantitative estimate of drug-likeness (QED) is 0.755. The normalized spacial score (nSPS) is 12.2. The average Bonchev–Trinajstić information content (AvgIpc) is 2.62. The third-order valence-corrected chi connectivity index (χ3v) is 5.30. The van der Waals surface area contributed by atoms with E-state index >= 15 is 0 Å². The molecule has 0 saturated heterocycles. The van der Waals surface area contributed by atoms with Gasteiger partial charge in [0.25, 0.3) is 0 Å². The smallest absolute Gasteiger partial charge is 0.247 e. The molecular formula is C18H21ClN2O5S. The van der Waals surface area contributed by atoms with Gasteiger partial charge in [-0.3, -0.25) is 9.10 Å². The maximum Gasteiger partial charge on any atom is 0.247 e. The van der Waals surface area contributed by atoms with E-state index in [2.05, 4.69) is 5.32 Å². The molecule has 0 bridgehead atoms. The summed E-state index contributed by atoms with van der Waals surface area (Å²) in [6.45, 7) is 1.49. The highest BCUT2D eigenvalue weighted by molar-refractivity contribution is 7.92. The zero-order chi connectivity index (χ0) is 20.2. The first-order valence-electron chi connectivity index (χ1n) is 7.95. The number of anilines is 2. The lowest BCUT2D eigenvalue weighted by Crippen LogP contribution is -2.45. The van der Waals surface area contributed by atoms with Crippen LogP contribution in [0.15, 0.2) is 42.5 Å². The lowest BCUT2D eigenvalue weighted by molar-refractivity contribution is -0.116. The number of benzene rings is 2. The molecule has 1 amide bonds. The van der Waals surface area contributed by atoms with E-state index in [1.54, 1.807) is 36.4 Å². The molecule has 2 aromatic rings. The van der Waals surface area contributed by atoms with E-state index in [1.807, 2.05) is 0 Å². The monoisotopic (exact) mass is 412 g/mol. The van der Waals surface area contributed by atoms with Crippen molar-refractivity contribution in [2.45, 2.75) is 13.0 Å². The Bertz CT molecular complexity index is 916. The van der Waals surface area contributed by atoms with Gasteiger partial charge in [-0.2, -0.15) is 0 Å². The fourth-order valence-corrected chi connectivity index (χ4v) is 3.83. The Hall–Kier alpha value is -2.45. The summed E-state index contributed by atoms with van der Waals surface area (Å²) in [7, 11) is -0.917. The van der Waals surface area contributed by atoms with Crippen molar-refractivity contribution < 1.29 is 22.7 Å². The van der Waals surface area contributed by atoms with E-state index in [0.29, 0.717) is 22.2 Å². The molecule has 0 aliphatic heterocycles. The number of sulfonamides is 1. The van der Waals surface area contributed by atoms with Crippen LogP contribution in [-0.4, -0.2) is 40.8 Å². The molecule has 27 heavy (non-hydrogen) atoms. The van der Waals surface area contributed by atoms with Crippen LogP contribution >= 0.6 is 11.6 Å². The molecule has 2 aromatic carbocycles. The van der Waals surface area contributed by atoms with Crippen LogP contribution in [0.25, 0.3) is 0 Å². The number of amides is 1. The molecule has 0 spiro atoms. The molecule has 0 aliphatic rings. The van der Waals surface area contributed by atoms with Gasteiger partial charge in [-0.15, -0.1) is 0 Å². The van der Waals surface area contributed by atoms with E-state index < -0.39 is 22.0 Å². The number of carbonyl (C=O) groups excluding carboxylic acids is 1. The number of methoxy groups -OCH3 is 2. The molecule has 146 valence electrons. The second kappa shape index (κ2) is 8.49. The Labute approximate surface area is 163 Å². The number of hydrogen-bond donors (Lipinski definition) is 1. The van der Waals surface area contributed by atoms with Gasteiger partial charge in [-0.1, -0.05) is 11.6 Å². The van der Waals surface area contributed by atoms with Gasteiger partial charge >= 0.3 is 0 Å². The maximum atomic E-state index is 12.7. The van der Waals surface area contributed by atoms with Crippen molar-refractivity contribution in [2.75, 3.05) is 30.1 Å². The minimum atomic E-state index is -3.80. The van der Waals surface area contributed by atoms with E-state index in [4.69, 9.17) is 21.1 Å². The highest BCUT2D eigenvalue weighted by atomic mass is 35.5. The first-order chi connectivity index (χ1) is 12.7. The second-order valence-electron chi connectivity index (χ2n) is 5.77. The highest BCUT2D eigenvalue weighted by Gasteiger charge is 2.31. The Morgan fingerprint density at radius 3 is 2.26 bits per heavy atom.